The van der Waals surface area contributed by atoms with Crippen LogP contribution in [0, 0.1) is 0 Å². The molecular weight excluding hydrogens is 326 g/mol. The van der Waals surface area contributed by atoms with Crippen LogP contribution in [-0.2, 0) is 11.3 Å². The van der Waals surface area contributed by atoms with Crippen molar-refractivity contribution in [2.24, 2.45) is 0 Å². The third-order valence-electron chi connectivity index (χ3n) is 4.49. The molecule has 0 radical (unpaired) electrons. The number of piperidine rings is 1. The van der Waals surface area contributed by atoms with Gasteiger partial charge in [-0.1, -0.05) is 6.92 Å². The molecule has 1 aliphatic heterocycles. The van der Waals surface area contributed by atoms with E-state index in [0.717, 1.165) is 55.5 Å². The largest absolute Gasteiger partial charge is 0.480 e. The minimum Gasteiger partial charge on any atom is -0.480 e. The lowest BCUT2D eigenvalue weighted by atomic mass is 10.0. The van der Waals surface area contributed by atoms with Crippen molar-refractivity contribution in [3.63, 3.8) is 0 Å². The van der Waals surface area contributed by atoms with E-state index in [-0.39, 0.29) is 6.54 Å². The summed E-state index contributed by atoms with van der Waals surface area (Å²) in [6.07, 6.45) is 3.68. The molecule has 6 nitrogen and oxygen atoms in total. The Balaban J connectivity index is 1.51. The van der Waals surface area contributed by atoms with Gasteiger partial charge in [-0.2, -0.15) is 0 Å². The molecule has 130 valence electrons. The highest BCUT2D eigenvalue weighted by molar-refractivity contribution is 7.13. The monoisotopic (exact) mass is 349 g/mol. The van der Waals surface area contributed by atoms with Gasteiger partial charge in [0.1, 0.15) is 0 Å². The van der Waals surface area contributed by atoms with Gasteiger partial charge >= 0.3 is 5.97 Å². The molecule has 0 spiro atoms. The highest BCUT2D eigenvalue weighted by Gasteiger charge is 2.25. The van der Waals surface area contributed by atoms with Gasteiger partial charge in [-0.3, -0.25) is 14.6 Å². The Bertz CT molecular complexity index is 648. The van der Waals surface area contributed by atoms with Crippen molar-refractivity contribution in [3.8, 4) is 10.8 Å². The van der Waals surface area contributed by atoms with E-state index in [4.69, 9.17) is 9.52 Å². The van der Waals surface area contributed by atoms with Crippen molar-refractivity contribution >= 4 is 17.3 Å². The summed E-state index contributed by atoms with van der Waals surface area (Å²) in [5, 5.41) is 12.0. The lowest BCUT2D eigenvalue weighted by Crippen LogP contribution is -2.46. The van der Waals surface area contributed by atoms with E-state index in [1.54, 1.807) is 17.6 Å². The van der Waals surface area contributed by atoms with E-state index in [9.17, 15) is 4.79 Å². The number of likely N-dealkylation sites (tertiary alicyclic amines) is 1. The molecule has 1 fully saturated rings. The molecular formula is C17H23N3O3S. The Morgan fingerprint density at radius 3 is 2.92 bits per heavy atom. The van der Waals surface area contributed by atoms with Crippen molar-refractivity contribution in [1.29, 1.82) is 0 Å². The molecule has 3 rings (SSSR count). The molecule has 1 N–H and O–H groups in total. The van der Waals surface area contributed by atoms with E-state index in [2.05, 4.69) is 20.2 Å². The molecule has 1 aliphatic rings. The number of likely N-dealkylation sites (N-methyl/N-ethyl adjacent to an activating group) is 1. The molecule has 7 heteroatoms. The van der Waals surface area contributed by atoms with Crippen molar-refractivity contribution in [3.05, 3.63) is 29.5 Å². The summed E-state index contributed by atoms with van der Waals surface area (Å²) < 4.78 is 5.39. The van der Waals surface area contributed by atoms with E-state index >= 15 is 0 Å². The molecule has 2 aromatic rings. The SMILES string of the molecule is CCN(CC(=O)O)C1CCN(Cc2csc(-c3ccco3)n2)CC1. The molecule has 0 bridgehead atoms. The van der Waals surface area contributed by atoms with Crippen LogP contribution in [0.2, 0.25) is 0 Å². The standard InChI is InChI=1S/C17H23N3O3S/c1-2-20(11-16(21)22)14-5-7-19(8-6-14)10-13-12-24-17(18-13)15-4-3-9-23-15/h3-4,9,12,14H,2,5-8,10-11H2,1H3,(H,21,22). The summed E-state index contributed by atoms with van der Waals surface area (Å²) in [7, 11) is 0. The first-order valence-electron chi connectivity index (χ1n) is 8.32. The Hall–Kier alpha value is -1.70. The van der Waals surface area contributed by atoms with Gasteiger partial charge in [-0.15, -0.1) is 11.3 Å². The Morgan fingerprint density at radius 1 is 1.50 bits per heavy atom. The highest BCUT2D eigenvalue weighted by Crippen LogP contribution is 2.25. The fourth-order valence-electron chi connectivity index (χ4n) is 3.24. The zero-order valence-corrected chi connectivity index (χ0v) is 14.7. The van der Waals surface area contributed by atoms with Crippen LogP contribution in [0.25, 0.3) is 10.8 Å². The fraction of sp³-hybridized carbons (Fsp3) is 0.529. The number of carboxylic acids is 1. The topological polar surface area (TPSA) is 69.8 Å². The van der Waals surface area contributed by atoms with Crippen molar-refractivity contribution < 1.29 is 14.3 Å². The third-order valence-corrected chi connectivity index (χ3v) is 5.39. The van der Waals surface area contributed by atoms with E-state index < -0.39 is 5.97 Å². The predicted molar refractivity (Wildman–Crippen MR) is 93.0 cm³/mol. The maximum atomic E-state index is 10.9. The Labute approximate surface area is 145 Å². The maximum Gasteiger partial charge on any atom is 0.317 e. The zero-order chi connectivity index (χ0) is 16.9. The van der Waals surface area contributed by atoms with Gasteiger partial charge in [-0.25, -0.2) is 4.98 Å². The van der Waals surface area contributed by atoms with Crippen LogP contribution in [0.15, 0.2) is 28.2 Å². The summed E-state index contributed by atoms with van der Waals surface area (Å²) in [4.78, 5) is 20.1. The lowest BCUT2D eigenvalue weighted by molar-refractivity contribution is -0.139. The molecule has 0 unspecified atom stereocenters. The smallest absolute Gasteiger partial charge is 0.317 e. The molecule has 0 atom stereocenters. The van der Waals surface area contributed by atoms with Crippen LogP contribution in [0.5, 0.6) is 0 Å². The van der Waals surface area contributed by atoms with Crippen molar-refractivity contribution in [2.45, 2.75) is 32.4 Å². The Kier molecular flexibility index (Phi) is 5.65. The second-order valence-electron chi connectivity index (χ2n) is 6.09. The first-order valence-corrected chi connectivity index (χ1v) is 9.20. The summed E-state index contributed by atoms with van der Waals surface area (Å²) in [6.45, 7) is 5.76. The summed E-state index contributed by atoms with van der Waals surface area (Å²) in [6, 6.07) is 4.17. The number of nitrogens with zero attached hydrogens (tertiary/aromatic N) is 3. The number of aliphatic carboxylic acids is 1. The minimum absolute atomic E-state index is 0.139. The third kappa shape index (κ3) is 4.23. The summed E-state index contributed by atoms with van der Waals surface area (Å²) in [5.41, 5.74) is 1.07. The van der Waals surface area contributed by atoms with Gasteiger partial charge in [0.25, 0.3) is 0 Å². The second kappa shape index (κ2) is 7.92. The molecule has 0 saturated carbocycles. The molecule has 0 aliphatic carbocycles. The van der Waals surface area contributed by atoms with Gasteiger partial charge in [-0.05, 0) is 31.5 Å². The molecule has 24 heavy (non-hydrogen) atoms. The lowest BCUT2D eigenvalue weighted by Gasteiger charge is -2.37. The van der Waals surface area contributed by atoms with Gasteiger partial charge in [0, 0.05) is 31.1 Å². The maximum absolute atomic E-state index is 10.9. The van der Waals surface area contributed by atoms with Gasteiger partial charge in [0.15, 0.2) is 10.8 Å². The second-order valence-corrected chi connectivity index (χ2v) is 6.94. The number of rotatable bonds is 7. The first kappa shape index (κ1) is 17.1. The molecule has 0 aromatic carbocycles. The van der Waals surface area contributed by atoms with Crippen LogP contribution < -0.4 is 0 Å². The van der Waals surface area contributed by atoms with E-state index in [1.807, 2.05) is 19.1 Å². The highest BCUT2D eigenvalue weighted by atomic mass is 32.1. The van der Waals surface area contributed by atoms with Crippen LogP contribution >= 0.6 is 11.3 Å². The van der Waals surface area contributed by atoms with Crippen LogP contribution in [0.4, 0.5) is 0 Å². The molecule has 2 aromatic heterocycles. The minimum atomic E-state index is -0.743. The van der Waals surface area contributed by atoms with E-state index in [1.165, 1.54) is 0 Å². The molecule has 1 saturated heterocycles. The molecule has 0 amide bonds. The normalized spacial score (nSPS) is 16.8. The number of thiazole rings is 1. The first-order chi connectivity index (χ1) is 11.7. The number of aromatic nitrogens is 1. The average Bonchev–Trinajstić information content (AvgIpc) is 3.24. The fourth-order valence-corrected chi connectivity index (χ4v) is 4.01. The van der Waals surface area contributed by atoms with Gasteiger partial charge < -0.3 is 9.52 Å². The number of furan rings is 1. The Morgan fingerprint density at radius 2 is 2.29 bits per heavy atom. The van der Waals surface area contributed by atoms with Crippen LogP contribution in [0.1, 0.15) is 25.5 Å². The van der Waals surface area contributed by atoms with Crippen LogP contribution in [-0.4, -0.2) is 58.1 Å². The zero-order valence-electron chi connectivity index (χ0n) is 13.9. The summed E-state index contributed by atoms with van der Waals surface area (Å²) >= 11 is 1.61. The van der Waals surface area contributed by atoms with Gasteiger partial charge in [0.2, 0.25) is 0 Å². The average molecular weight is 349 g/mol. The van der Waals surface area contributed by atoms with E-state index in [0.29, 0.717) is 6.04 Å². The van der Waals surface area contributed by atoms with Crippen molar-refractivity contribution in [2.75, 3.05) is 26.2 Å². The van der Waals surface area contributed by atoms with Gasteiger partial charge in [0.05, 0.1) is 18.5 Å². The van der Waals surface area contributed by atoms with Crippen molar-refractivity contribution in [1.82, 2.24) is 14.8 Å². The molecule has 3 heterocycles. The number of carboxylic acid groups (broad SMARTS) is 1. The van der Waals surface area contributed by atoms with Crippen LogP contribution in [0.3, 0.4) is 0 Å². The predicted octanol–water partition coefficient (Wildman–Crippen LogP) is 2.77. The number of hydrogen-bond donors (Lipinski definition) is 1. The summed E-state index contributed by atoms with van der Waals surface area (Å²) in [5.74, 6) is 0.0735. The number of hydrogen-bond acceptors (Lipinski definition) is 6. The number of carbonyl (C=O) groups is 1. The quantitative estimate of drug-likeness (QED) is 0.829.